The van der Waals surface area contributed by atoms with Crippen molar-refractivity contribution in [2.24, 2.45) is 0 Å². The van der Waals surface area contributed by atoms with Gasteiger partial charge in [0.1, 0.15) is 11.6 Å². The zero-order valence-corrected chi connectivity index (χ0v) is 50.1. The lowest BCUT2D eigenvalue weighted by Crippen LogP contribution is -2.10. The Balaban J connectivity index is 1.01. The van der Waals surface area contributed by atoms with Crippen molar-refractivity contribution in [3.8, 4) is 118 Å². The minimum Gasteiger partial charge on any atom is -0.308 e. The second kappa shape index (κ2) is 22.9. The van der Waals surface area contributed by atoms with Crippen molar-refractivity contribution in [1.29, 1.82) is 5.26 Å². The van der Waals surface area contributed by atoms with E-state index in [9.17, 15) is 5.26 Å². The van der Waals surface area contributed by atoms with Crippen LogP contribution in [0.3, 0.4) is 0 Å². The molecule has 16 aromatic rings. The van der Waals surface area contributed by atoms with Crippen LogP contribution in [0.5, 0.6) is 0 Å². The number of fused-ring (bicyclic) bond motifs is 6. The third kappa shape index (κ3) is 9.78. The van der Waals surface area contributed by atoms with Crippen LogP contribution in [0.15, 0.2) is 298 Å². The Labute approximate surface area is 533 Å². The lowest BCUT2D eigenvalue weighted by molar-refractivity contribution is -0.137. The van der Waals surface area contributed by atoms with Crippen molar-refractivity contribution in [2.45, 2.75) is 13.1 Å². The fraction of sp³-hybridized carbons (Fsp3) is 0.0241. The highest BCUT2D eigenvalue weighted by atomic mass is 19.4. The van der Waals surface area contributed by atoms with E-state index in [1.165, 1.54) is 6.07 Å². The van der Waals surface area contributed by atoms with Crippen LogP contribution in [-0.2, 0) is 6.18 Å². The molecule has 7 nitrogen and oxygen atoms in total. The van der Waals surface area contributed by atoms with Gasteiger partial charge in [-0.2, -0.15) is 18.4 Å². The topological polar surface area (TPSA) is 85.2 Å². The SMILES string of the molecule is Cc1cccc(C(F)(F)F)c1-c1cc(-n2c3ccc(-c4cccnc4-c4ccccc4)cc3c3cc(-c4cccnc4-c4ccccc4)ccc32)c(C#N)c(-n2c3ccc(-c4cccnc4-c4ccccc4)cc3c3cc(-c4cccnc4-c4ccccc4)ccc32)c1. The summed E-state index contributed by atoms with van der Waals surface area (Å²) in [5, 5.41) is 15.6. The van der Waals surface area contributed by atoms with Crippen LogP contribution >= 0.6 is 0 Å². The molecule has 0 saturated carbocycles. The summed E-state index contributed by atoms with van der Waals surface area (Å²) >= 11 is 0. The molecule has 0 spiro atoms. The zero-order valence-electron chi connectivity index (χ0n) is 50.1. The van der Waals surface area contributed by atoms with Crippen molar-refractivity contribution in [3.63, 3.8) is 0 Å². The maximum Gasteiger partial charge on any atom is 0.417 e. The van der Waals surface area contributed by atoms with Gasteiger partial charge in [-0.15, -0.1) is 0 Å². The van der Waals surface area contributed by atoms with E-state index >= 15 is 13.2 Å². The van der Waals surface area contributed by atoms with Crippen LogP contribution in [0.1, 0.15) is 16.7 Å². The Morgan fingerprint density at radius 1 is 0.323 bits per heavy atom. The molecule has 6 heterocycles. The van der Waals surface area contributed by atoms with E-state index in [1.54, 1.807) is 49.9 Å². The van der Waals surface area contributed by atoms with E-state index in [0.717, 1.165) is 139 Å². The standard InChI is InChI=1S/C83H52F3N7/c1-52-19-14-32-71(83(84,85)86)78(52)61-49-76(92-72-37-33-57(62-28-15-41-88-79(62)53-20-6-2-7-21-53)45-66(72)67-46-58(34-38-73(67)92)63-29-16-42-89-80(63)54-22-8-3-9-23-54)70(51-87)77(50-61)93-74-39-35-59(64-30-17-43-90-81(64)55-24-10-4-11-25-55)47-68(74)69-48-60(36-40-75(69)93)65-31-18-44-91-82(65)56-26-12-5-13-27-56/h2-50H,1H3. The molecule has 0 aliphatic carbocycles. The van der Waals surface area contributed by atoms with Gasteiger partial charge in [0.2, 0.25) is 0 Å². The van der Waals surface area contributed by atoms with Gasteiger partial charge in [-0.3, -0.25) is 19.9 Å². The first-order valence-corrected chi connectivity index (χ1v) is 30.6. The van der Waals surface area contributed by atoms with Gasteiger partial charge in [0.05, 0.1) is 61.8 Å². The highest BCUT2D eigenvalue weighted by Crippen LogP contribution is 2.48. The fourth-order valence-electron chi connectivity index (χ4n) is 13.6. The summed E-state index contributed by atoms with van der Waals surface area (Å²) in [7, 11) is 0. The lowest BCUT2D eigenvalue weighted by Gasteiger charge is -2.21. The summed E-state index contributed by atoms with van der Waals surface area (Å²) in [6.45, 7) is 1.71. The molecule has 0 aliphatic rings. The number of nitrogens with zero attached hydrogens (tertiary/aromatic N) is 7. The van der Waals surface area contributed by atoms with Crippen LogP contribution in [0.2, 0.25) is 0 Å². The first kappa shape index (κ1) is 56.0. The van der Waals surface area contributed by atoms with Gasteiger partial charge in [-0.25, -0.2) is 0 Å². The van der Waals surface area contributed by atoms with Crippen molar-refractivity contribution >= 4 is 43.6 Å². The predicted molar refractivity (Wildman–Crippen MR) is 370 cm³/mol. The van der Waals surface area contributed by atoms with E-state index < -0.39 is 11.7 Å². The molecule has 93 heavy (non-hydrogen) atoms. The Kier molecular flexibility index (Phi) is 13.8. The average Bonchev–Trinajstić information content (AvgIpc) is 1.59. The van der Waals surface area contributed by atoms with E-state index in [4.69, 9.17) is 19.9 Å². The van der Waals surface area contributed by atoms with Crippen molar-refractivity contribution in [2.75, 3.05) is 0 Å². The normalized spacial score (nSPS) is 11.6. The molecule has 0 unspecified atom stereocenters. The lowest BCUT2D eigenvalue weighted by atomic mass is 9.92. The molecule has 0 N–H and O–H groups in total. The number of nitriles is 1. The number of hydrogen-bond acceptors (Lipinski definition) is 5. The molecular weight excluding hydrogens is 1150 g/mol. The molecule has 440 valence electrons. The van der Waals surface area contributed by atoms with Crippen LogP contribution in [0.25, 0.3) is 156 Å². The number of aryl methyl sites for hydroxylation is 1. The van der Waals surface area contributed by atoms with Crippen molar-refractivity contribution in [3.05, 3.63) is 314 Å². The summed E-state index contributed by atoms with van der Waals surface area (Å²) < 4.78 is 51.6. The number of benzene rings is 10. The maximum atomic E-state index is 15.8. The van der Waals surface area contributed by atoms with Gasteiger partial charge >= 0.3 is 6.18 Å². The highest BCUT2D eigenvalue weighted by Gasteiger charge is 2.35. The first-order valence-electron chi connectivity index (χ1n) is 30.6. The number of pyridine rings is 4. The van der Waals surface area contributed by atoms with Gasteiger partial charge in [0.25, 0.3) is 0 Å². The molecule has 6 aromatic heterocycles. The number of halogens is 3. The van der Waals surface area contributed by atoms with Gasteiger partial charge in [0.15, 0.2) is 0 Å². The largest absolute Gasteiger partial charge is 0.417 e. The van der Waals surface area contributed by atoms with Gasteiger partial charge in [0, 0.05) is 90.8 Å². The number of alkyl halides is 3. The van der Waals surface area contributed by atoms with Crippen molar-refractivity contribution < 1.29 is 13.2 Å². The van der Waals surface area contributed by atoms with Crippen LogP contribution in [0, 0.1) is 18.3 Å². The first-order chi connectivity index (χ1) is 45.7. The molecule has 10 heteroatoms. The number of rotatable bonds is 11. The third-order valence-corrected chi connectivity index (χ3v) is 17.8. The monoisotopic (exact) mass is 1200 g/mol. The third-order valence-electron chi connectivity index (χ3n) is 17.8. The molecule has 16 rings (SSSR count). The Morgan fingerprint density at radius 2 is 0.634 bits per heavy atom. The molecule has 0 atom stereocenters. The molecule has 0 amide bonds. The summed E-state index contributed by atoms with van der Waals surface area (Å²) in [4.78, 5) is 19.7. The average molecular weight is 1200 g/mol. The fourth-order valence-corrected chi connectivity index (χ4v) is 13.6. The summed E-state index contributed by atoms with van der Waals surface area (Å²) in [6, 6.07) is 92.1. The Morgan fingerprint density at radius 3 is 0.925 bits per heavy atom. The van der Waals surface area contributed by atoms with Gasteiger partial charge < -0.3 is 9.13 Å². The summed E-state index contributed by atoms with van der Waals surface area (Å²) in [6.07, 6.45) is 2.46. The molecule has 10 aromatic carbocycles. The van der Waals surface area contributed by atoms with Gasteiger partial charge in [-0.1, -0.05) is 182 Å². The molecule has 0 bridgehead atoms. The van der Waals surface area contributed by atoms with E-state index in [2.05, 4.69) is 112 Å². The minimum atomic E-state index is -4.74. The minimum absolute atomic E-state index is 0.0118. The molecule has 0 saturated heterocycles. The molecule has 0 radical (unpaired) electrons. The van der Waals surface area contributed by atoms with E-state index in [1.807, 2.05) is 146 Å². The van der Waals surface area contributed by atoms with Gasteiger partial charge in [-0.05, 0) is 137 Å². The predicted octanol–water partition coefficient (Wildman–Crippen LogP) is 21.7. The van der Waals surface area contributed by atoms with Crippen molar-refractivity contribution in [1.82, 2.24) is 29.1 Å². The smallest absolute Gasteiger partial charge is 0.308 e. The molecule has 0 fully saturated rings. The highest BCUT2D eigenvalue weighted by molar-refractivity contribution is 6.14. The van der Waals surface area contributed by atoms with E-state index in [-0.39, 0.29) is 16.7 Å². The second-order valence-corrected chi connectivity index (χ2v) is 23.2. The van der Waals surface area contributed by atoms with Crippen LogP contribution < -0.4 is 0 Å². The second-order valence-electron chi connectivity index (χ2n) is 23.2. The summed E-state index contributed by atoms with van der Waals surface area (Å²) in [5.41, 5.74) is 18.3. The quantitative estimate of drug-likeness (QED) is 0.129. The number of aromatic nitrogens is 6. The van der Waals surface area contributed by atoms with Crippen LogP contribution in [-0.4, -0.2) is 29.1 Å². The molecule has 0 aliphatic heterocycles. The Hall–Kier alpha value is -12.3. The maximum absolute atomic E-state index is 15.8. The van der Waals surface area contributed by atoms with Crippen LogP contribution in [0.4, 0.5) is 13.2 Å². The Bertz CT molecular complexity index is 5050. The summed E-state index contributed by atoms with van der Waals surface area (Å²) in [5.74, 6) is 0. The zero-order chi connectivity index (χ0) is 62.7. The number of hydrogen-bond donors (Lipinski definition) is 0. The molecular formula is C83H52F3N7. The van der Waals surface area contributed by atoms with E-state index in [0.29, 0.717) is 16.9 Å².